The SMILES string of the molecule is CCOc1ccc2nccc(-c3[nH]c4c(c3Nc3cccc(F)c3C)C(=O)NCC43CCC3)c2n1. The summed E-state index contributed by atoms with van der Waals surface area (Å²) in [4.78, 5) is 26.0. The van der Waals surface area contributed by atoms with Gasteiger partial charge in [-0.1, -0.05) is 12.5 Å². The van der Waals surface area contributed by atoms with Gasteiger partial charge in [0.25, 0.3) is 5.91 Å². The van der Waals surface area contributed by atoms with E-state index < -0.39 is 0 Å². The number of hydrogen-bond donors (Lipinski definition) is 3. The Balaban J connectivity index is 1.61. The Kier molecular flexibility index (Phi) is 4.98. The summed E-state index contributed by atoms with van der Waals surface area (Å²) in [6, 6.07) is 10.5. The molecule has 1 aliphatic carbocycles. The van der Waals surface area contributed by atoms with Crippen LogP contribution in [0, 0.1) is 12.7 Å². The Hall–Kier alpha value is -3.94. The number of carbonyl (C=O) groups excluding carboxylic acids is 1. The van der Waals surface area contributed by atoms with Crippen molar-refractivity contribution < 1.29 is 13.9 Å². The van der Waals surface area contributed by atoms with E-state index in [9.17, 15) is 9.18 Å². The highest BCUT2D eigenvalue weighted by molar-refractivity contribution is 6.08. The molecule has 1 aromatic carbocycles. The first-order chi connectivity index (χ1) is 17.0. The fraction of sp³-hybridized carbons (Fsp3) is 0.296. The fourth-order valence-corrected chi connectivity index (χ4v) is 5.22. The van der Waals surface area contributed by atoms with Gasteiger partial charge >= 0.3 is 0 Å². The molecule has 0 atom stereocenters. The maximum Gasteiger partial charge on any atom is 0.255 e. The first-order valence-electron chi connectivity index (χ1n) is 12.0. The number of anilines is 2. The van der Waals surface area contributed by atoms with Crippen LogP contribution >= 0.6 is 0 Å². The molecule has 0 saturated heterocycles. The van der Waals surface area contributed by atoms with Crippen LogP contribution in [0.15, 0.2) is 42.6 Å². The molecule has 0 unspecified atom stereocenters. The van der Waals surface area contributed by atoms with Gasteiger partial charge < -0.3 is 20.4 Å². The molecule has 1 fully saturated rings. The van der Waals surface area contributed by atoms with E-state index in [1.807, 2.05) is 25.1 Å². The predicted octanol–water partition coefficient (Wildman–Crippen LogP) is 5.38. The minimum Gasteiger partial charge on any atom is -0.478 e. The number of nitrogens with zero attached hydrogens (tertiary/aromatic N) is 2. The molecule has 4 aromatic rings. The van der Waals surface area contributed by atoms with Crippen molar-refractivity contribution in [3.05, 3.63) is 65.2 Å². The molecular weight excluding hydrogens is 445 g/mol. The second-order valence-electron chi connectivity index (χ2n) is 9.29. The van der Waals surface area contributed by atoms with Crippen LogP contribution in [0.5, 0.6) is 5.88 Å². The lowest BCUT2D eigenvalue weighted by atomic mass is 9.64. The molecule has 3 aromatic heterocycles. The van der Waals surface area contributed by atoms with Crippen molar-refractivity contribution in [3.8, 4) is 17.1 Å². The second kappa shape index (κ2) is 8.08. The fourth-order valence-electron chi connectivity index (χ4n) is 5.22. The molecule has 8 heteroatoms. The first kappa shape index (κ1) is 21.6. The number of H-pyrrole nitrogens is 1. The number of hydrogen-bond acceptors (Lipinski definition) is 5. The van der Waals surface area contributed by atoms with E-state index in [1.165, 1.54) is 6.07 Å². The second-order valence-corrected chi connectivity index (χ2v) is 9.29. The topological polar surface area (TPSA) is 91.9 Å². The van der Waals surface area contributed by atoms with Gasteiger partial charge in [0, 0.05) is 46.7 Å². The maximum atomic E-state index is 14.4. The Morgan fingerprint density at radius 3 is 2.83 bits per heavy atom. The molecule has 0 radical (unpaired) electrons. The monoisotopic (exact) mass is 471 g/mol. The van der Waals surface area contributed by atoms with Crippen LogP contribution in [0.25, 0.3) is 22.3 Å². The highest BCUT2D eigenvalue weighted by Gasteiger charge is 2.47. The van der Waals surface area contributed by atoms with E-state index in [-0.39, 0.29) is 17.1 Å². The molecule has 7 nitrogen and oxygen atoms in total. The Bertz CT molecular complexity index is 1470. The Labute approximate surface area is 202 Å². The third-order valence-corrected chi connectivity index (χ3v) is 7.30. The van der Waals surface area contributed by atoms with E-state index in [4.69, 9.17) is 9.72 Å². The van der Waals surface area contributed by atoms with E-state index in [1.54, 1.807) is 25.3 Å². The number of carbonyl (C=O) groups is 1. The minimum atomic E-state index is -0.307. The number of amides is 1. The summed E-state index contributed by atoms with van der Waals surface area (Å²) in [6.45, 7) is 4.75. The third-order valence-electron chi connectivity index (χ3n) is 7.30. The minimum absolute atomic E-state index is 0.109. The molecule has 6 rings (SSSR count). The van der Waals surface area contributed by atoms with Crippen LogP contribution in [0.2, 0.25) is 0 Å². The smallest absolute Gasteiger partial charge is 0.255 e. The zero-order chi connectivity index (χ0) is 24.2. The quantitative estimate of drug-likeness (QED) is 0.364. The number of pyridine rings is 2. The van der Waals surface area contributed by atoms with Crippen molar-refractivity contribution in [1.29, 1.82) is 0 Å². The predicted molar refractivity (Wildman–Crippen MR) is 133 cm³/mol. The number of fused-ring (bicyclic) bond motifs is 3. The summed E-state index contributed by atoms with van der Waals surface area (Å²) in [5.41, 5.74) is 6.03. The number of nitrogens with one attached hydrogen (secondary N) is 3. The van der Waals surface area contributed by atoms with Crippen LogP contribution in [0.1, 0.15) is 47.8 Å². The van der Waals surface area contributed by atoms with Crippen molar-refractivity contribution in [2.45, 2.75) is 38.5 Å². The molecular formula is C27H26FN5O2. The number of benzene rings is 1. The lowest BCUT2D eigenvalue weighted by molar-refractivity contribution is 0.0894. The standard InChI is InChI=1S/C27H26FN5O2/c1-3-35-20-9-8-19-22(32-20)16(10-13-29-19)23-24(31-18-7-4-6-17(28)15(18)2)21-25(33-23)27(11-5-12-27)14-30-26(21)34/h4,6-10,13,31,33H,3,5,11-12,14H2,1-2H3,(H,30,34). The largest absolute Gasteiger partial charge is 0.478 e. The van der Waals surface area contributed by atoms with Gasteiger partial charge in [0.1, 0.15) is 11.3 Å². The summed E-state index contributed by atoms with van der Waals surface area (Å²) >= 11 is 0. The molecule has 2 aliphatic rings. The van der Waals surface area contributed by atoms with Crippen molar-refractivity contribution in [1.82, 2.24) is 20.3 Å². The van der Waals surface area contributed by atoms with Crippen LogP contribution in [0.3, 0.4) is 0 Å². The van der Waals surface area contributed by atoms with Crippen molar-refractivity contribution in [3.63, 3.8) is 0 Å². The van der Waals surface area contributed by atoms with Gasteiger partial charge in [-0.05, 0) is 51.0 Å². The van der Waals surface area contributed by atoms with E-state index in [2.05, 4.69) is 20.6 Å². The highest BCUT2D eigenvalue weighted by atomic mass is 19.1. The molecule has 1 amide bonds. The Morgan fingerprint density at radius 1 is 1.20 bits per heavy atom. The molecule has 3 N–H and O–H groups in total. The van der Waals surface area contributed by atoms with Gasteiger partial charge in [-0.3, -0.25) is 9.78 Å². The summed E-state index contributed by atoms with van der Waals surface area (Å²) in [7, 11) is 0. The molecule has 1 aliphatic heterocycles. The number of ether oxygens (including phenoxy) is 1. The average molecular weight is 472 g/mol. The van der Waals surface area contributed by atoms with Gasteiger partial charge in [0.05, 0.1) is 29.1 Å². The molecule has 1 spiro atoms. The maximum absolute atomic E-state index is 14.4. The van der Waals surface area contributed by atoms with Crippen LogP contribution < -0.4 is 15.4 Å². The van der Waals surface area contributed by atoms with Gasteiger partial charge in [-0.15, -0.1) is 0 Å². The van der Waals surface area contributed by atoms with Gasteiger partial charge in [-0.2, -0.15) is 0 Å². The van der Waals surface area contributed by atoms with E-state index in [0.29, 0.717) is 52.6 Å². The lowest BCUT2D eigenvalue weighted by Crippen LogP contribution is -2.50. The lowest BCUT2D eigenvalue weighted by Gasteiger charge is -2.44. The molecule has 4 heterocycles. The van der Waals surface area contributed by atoms with Crippen molar-refractivity contribution >= 4 is 28.3 Å². The zero-order valence-corrected chi connectivity index (χ0v) is 19.7. The molecule has 35 heavy (non-hydrogen) atoms. The van der Waals surface area contributed by atoms with Gasteiger partial charge in [0.2, 0.25) is 5.88 Å². The number of aromatic amines is 1. The van der Waals surface area contributed by atoms with Crippen LogP contribution in [0.4, 0.5) is 15.8 Å². The molecule has 0 bridgehead atoms. The zero-order valence-electron chi connectivity index (χ0n) is 19.7. The van der Waals surface area contributed by atoms with Gasteiger partial charge in [0.15, 0.2) is 0 Å². The summed E-state index contributed by atoms with van der Waals surface area (Å²) in [6.07, 6.45) is 4.85. The highest BCUT2D eigenvalue weighted by Crippen LogP contribution is 2.50. The van der Waals surface area contributed by atoms with Crippen molar-refractivity contribution in [2.24, 2.45) is 0 Å². The summed E-state index contributed by atoms with van der Waals surface area (Å²) in [5, 5.41) is 6.49. The van der Waals surface area contributed by atoms with Crippen LogP contribution in [-0.4, -0.2) is 34.0 Å². The van der Waals surface area contributed by atoms with Crippen molar-refractivity contribution in [2.75, 3.05) is 18.5 Å². The summed E-state index contributed by atoms with van der Waals surface area (Å²) < 4.78 is 20.0. The van der Waals surface area contributed by atoms with E-state index >= 15 is 0 Å². The average Bonchev–Trinajstić information content (AvgIpc) is 3.21. The third kappa shape index (κ3) is 3.35. The normalized spacial score (nSPS) is 16.0. The number of aromatic nitrogens is 3. The summed E-state index contributed by atoms with van der Waals surface area (Å²) in [5.74, 6) is 0.0606. The van der Waals surface area contributed by atoms with Gasteiger partial charge in [-0.25, -0.2) is 9.37 Å². The Morgan fingerprint density at radius 2 is 2.06 bits per heavy atom. The first-order valence-corrected chi connectivity index (χ1v) is 12.0. The number of halogens is 1. The van der Waals surface area contributed by atoms with E-state index in [0.717, 1.165) is 36.2 Å². The number of rotatable bonds is 5. The molecule has 1 saturated carbocycles. The van der Waals surface area contributed by atoms with Crippen LogP contribution in [-0.2, 0) is 5.41 Å². The molecule has 178 valence electrons.